The molecule has 1 amide bonds. The summed E-state index contributed by atoms with van der Waals surface area (Å²) in [7, 11) is 0. The maximum atomic E-state index is 10.8. The lowest BCUT2D eigenvalue weighted by molar-refractivity contribution is -0.120. The quantitative estimate of drug-likeness (QED) is 0.592. The number of hydrogen-bond donors (Lipinski definition) is 1. The Kier molecular flexibility index (Phi) is 4.05. The number of hydrazone groups is 1. The van der Waals surface area contributed by atoms with Crippen LogP contribution in [-0.4, -0.2) is 12.1 Å². The van der Waals surface area contributed by atoms with Crippen LogP contribution in [0.25, 0.3) is 0 Å². The summed E-state index contributed by atoms with van der Waals surface area (Å²) in [4.78, 5) is 10.8. The normalized spacial score (nSPS) is 9.87. The van der Waals surface area contributed by atoms with E-state index < -0.39 is 5.91 Å². The molecule has 0 fully saturated rings. The van der Waals surface area contributed by atoms with Crippen molar-refractivity contribution in [3.8, 4) is 6.07 Å². The lowest BCUT2D eigenvalue weighted by Gasteiger charge is -1.95. The maximum Gasteiger partial charge on any atom is 0.254 e. The predicted molar refractivity (Wildman–Crippen MR) is 57.1 cm³/mol. The van der Waals surface area contributed by atoms with E-state index in [1.165, 1.54) is 11.8 Å². The first kappa shape index (κ1) is 10.9. The van der Waals surface area contributed by atoms with Crippen molar-refractivity contribution in [3.63, 3.8) is 0 Å². The van der Waals surface area contributed by atoms with Crippen molar-refractivity contribution in [1.82, 2.24) is 5.43 Å². The minimum absolute atomic E-state index is 0.175. The highest BCUT2D eigenvalue weighted by Crippen LogP contribution is 1.99. The van der Waals surface area contributed by atoms with Gasteiger partial charge in [-0.15, -0.1) is 0 Å². The summed E-state index contributed by atoms with van der Waals surface area (Å²) in [6.07, 6.45) is 1.36. The molecule has 1 rings (SSSR count). The average Bonchev–Trinajstić information content (AvgIpc) is 2.21. The second-order valence-electron chi connectivity index (χ2n) is 3.04. The Hall–Kier alpha value is -2.15. The van der Waals surface area contributed by atoms with E-state index in [-0.39, 0.29) is 6.42 Å². The standard InChI is InChI=1S/C11H11N3O/c1-9-2-4-10(5-3-9)8-13-14-11(15)6-7-12/h2-5,8H,6H2,1H3,(H,14,15). The fourth-order valence-corrected chi connectivity index (χ4v) is 0.943. The Morgan fingerprint density at radius 1 is 1.53 bits per heavy atom. The molecule has 0 spiro atoms. The summed E-state index contributed by atoms with van der Waals surface area (Å²) >= 11 is 0. The zero-order valence-electron chi connectivity index (χ0n) is 8.40. The van der Waals surface area contributed by atoms with E-state index in [2.05, 4.69) is 10.5 Å². The smallest absolute Gasteiger partial charge is 0.254 e. The summed E-state index contributed by atoms with van der Waals surface area (Å²) in [6, 6.07) is 9.45. The van der Waals surface area contributed by atoms with Gasteiger partial charge in [0.25, 0.3) is 5.91 Å². The van der Waals surface area contributed by atoms with E-state index in [9.17, 15) is 4.79 Å². The topological polar surface area (TPSA) is 65.2 Å². The first-order valence-corrected chi connectivity index (χ1v) is 4.48. The molecule has 76 valence electrons. The second kappa shape index (κ2) is 5.55. The molecule has 4 nitrogen and oxygen atoms in total. The fourth-order valence-electron chi connectivity index (χ4n) is 0.943. The maximum absolute atomic E-state index is 10.8. The van der Waals surface area contributed by atoms with Gasteiger partial charge in [-0.3, -0.25) is 4.79 Å². The van der Waals surface area contributed by atoms with Crippen LogP contribution in [-0.2, 0) is 4.79 Å². The predicted octanol–water partition coefficient (Wildman–Crippen LogP) is 1.36. The Labute approximate surface area is 88.2 Å². The lowest BCUT2D eigenvalue weighted by Crippen LogP contribution is -2.16. The summed E-state index contributed by atoms with van der Waals surface area (Å²) in [5.41, 5.74) is 4.32. The molecule has 0 heterocycles. The summed E-state index contributed by atoms with van der Waals surface area (Å²) in [5.74, 6) is -0.402. The number of hydrogen-bond acceptors (Lipinski definition) is 3. The van der Waals surface area contributed by atoms with Crippen LogP contribution >= 0.6 is 0 Å². The molecule has 0 saturated heterocycles. The fraction of sp³-hybridized carbons (Fsp3) is 0.182. The van der Waals surface area contributed by atoms with Gasteiger partial charge in [0.15, 0.2) is 0 Å². The van der Waals surface area contributed by atoms with Gasteiger partial charge in [-0.2, -0.15) is 10.4 Å². The zero-order valence-corrected chi connectivity index (χ0v) is 8.40. The van der Waals surface area contributed by atoms with Gasteiger partial charge in [-0.25, -0.2) is 5.43 Å². The zero-order chi connectivity index (χ0) is 11.1. The van der Waals surface area contributed by atoms with Gasteiger partial charge in [0.2, 0.25) is 0 Å². The van der Waals surface area contributed by atoms with Gasteiger partial charge in [0.1, 0.15) is 6.42 Å². The Morgan fingerprint density at radius 2 is 2.20 bits per heavy atom. The molecule has 0 atom stereocenters. The number of nitriles is 1. The molecule has 0 aromatic heterocycles. The van der Waals surface area contributed by atoms with Crippen LogP contribution in [0.15, 0.2) is 29.4 Å². The van der Waals surface area contributed by atoms with Crippen LogP contribution in [0.5, 0.6) is 0 Å². The number of carbonyl (C=O) groups excluding carboxylic acids is 1. The summed E-state index contributed by atoms with van der Waals surface area (Å²) in [6.45, 7) is 2.00. The van der Waals surface area contributed by atoms with E-state index in [0.717, 1.165) is 5.56 Å². The molecule has 0 unspecified atom stereocenters. The van der Waals surface area contributed by atoms with Crippen LogP contribution < -0.4 is 5.43 Å². The van der Waals surface area contributed by atoms with Crippen LogP contribution in [0.2, 0.25) is 0 Å². The molecule has 0 aliphatic carbocycles. The molecule has 1 aromatic carbocycles. The van der Waals surface area contributed by atoms with Gasteiger partial charge < -0.3 is 0 Å². The van der Waals surface area contributed by atoms with Crippen LogP contribution in [0, 0.1) is 18.3 Å². The molecule has 0 bridgehead atoms. The number of amides is 1. The van der Waals surface area contributed by atoms with Crippen LogP contribution in [0.1, 0.15) is 17.5 Å². The van der Waals surface area contributed by atoms with Crippen molar-refractivity contribution in [3.05, 3.63) is 35.4 Å². The van der Waals surface area contributed by atoms with Crippen LogP contribution in [0.4, 0.5) is 0 Å². The minimum atomic E-state index is -0.402. The third-order valence-electron chi connectivity index (χ3n) is 1.72. The van der Waals surface area contributed by atoms with Gasteiger partial charge in [-0.05, 0) is 12.5 Å². The van der Waals surface area contributed by atoms with E-state index >= 15 is 0 Å². The first-order valence-electron chi connectivity index (χ1n) is 4.48. The molecule has 15 heavy (non-hydrogen) atoms. The number of rotatable bonds is 3. The summed E-state index contributed by atoms with van der Waals surface area (Å²) in [5, 5.41) is 11.9. The lowest BCUT2D eigenvalue weighted by atomic mass is 10.2. The molecule has 0 aliphatic heterocycles. The Morgan fingerprint density at radius 3 is 2.80 bits per heavy atom. The molecule has 0 radical (unpaired) electrons. The first-order chi connectivity index (χ1) is 7.22. The molecular weight excluding hydrogens is 190 g/mol. The van der Waals surface area contributed by atoms with Crippen molar-refractivity contribution in [1.29, 1.82) is 5.26 Å². The number of benzene rings is 1. The molecular formula is C11H11N3O. The number of carbonyl (C=O) groups is 1. The van der Waals surface area contributed by atoms with E-state index in [0.29, 0.717) is 0 Å². The van der Waals surface area contributed by atoms with Crippen molar-refractivity contribution in [2.24, 2.45) is 5.10 Å². The third-order valence-corrected chi connectivity index (χ3v) is 1.72. The molecule has 1 aromatic rings. The van der Waals surface area contributed by atoms with E-state index in [1.54, 1.807) is 6.07 Å². The SMILES string of the molecule is Cc1ccc(C=NNC(=O)CC#N)cc1. The van der Waals surface area contributed by atoms with Crippen molar-refractivity contribution >= 4 is 12.1 Å². The largest absolute Gasteiger partial charge is 0.272 e. The van der Waals surface area contributed by atoms with E-state index in [4.69, 9.17) is 5.26 Å². The molecule has 0 saturated carbocycles. The van der Waals surface area contributed by atoms with Crippen molar-refractivity contribution in [2.75, 3.05) is 0 Å². The van der Waals surface area contributed by atoms with Gasteiger partial charge in [0, 0.05) is 0 Å². The number of nitrogens with zero attached hydrogens (tertiary/aromatic N) is 2. The highest BCUT2D eigenvalue weighted by atomic mass is 16.2. The second-order valence-corrected chi connectivity index (χ2v) is 3.04. The van der Waals surface area contributed by atoms with E-state index in [1.807, 2.05) is 31.2 Å². The third kappa shape index (κ3) is 4.05. The monoisotopic (exact) mass is 201 g/mol. The van der Waals surface area contributed by atoms with Crippen LogP contribution in [0.3, 0.4) is 0 Å². The van der Waals surface area contributed by atoms with Gasteiger partial charge in [-0.1, -0.05) is 29.8 Å². The Balaban J connectivity index is 2.48. The van der Waals surface area contributed by atoms with Gasteiger partial charge >= 0.3 is 0 Å². The average molecular weight is 201 g/mol. The summed E-state index contributed by atoms with van der Waals surface area (Å²) < 4.78 is 0. The molecule has 1 N–H and O–H groups in total. The number of nitrogens with one attached hydrogen (secondary N) is 1. The number of aryl methyl sites for hydroxylation is 1. The Bertz CT molecular complexity index is 401. The highest BCUT2D eigenvalue weighted by molar-refractivity contribution is 5.83. The molecule has 0 aliphatic rings. The van der Waals surface area contributed by atoms with Crippen molar-refractivity contribution < 1.29 is 4.79 Å². The van der Waals surface area contributed by atoms with Gasteiger partial charge in [0.05, 0.1) is 12.3 Å². The van der Waals surface area contributed by atoms with Crippen molar-refractivity contribution in [2.45, 2.75) is 13.3 Å². The highest BCUT2D eigenvalue weighted by Gasteiger charge is 1.95. The minimum Gasteiger partial charge on any atom is -0.272 e. The molecule has 4 heteroatoms.